The van der Waals surface area contributed by atoms with Crippen LogP contribution in [0.15, 0.2) is 6.20 Å². The smallest absolute Gasteiger partial charge is 0.257 e. The van der Waals surface area contributed by atoms with Gasteiger partial charge in [-0.2, -0.15) is 5.10 Å². The van der Waals surface area contributed by atoms with E-state index >= 15 is 0 Å². The predicted molar refractivity (Wildman–Crippen MR) is 70.5 cm³/mol. The van der Waals surface area contributed by atoms with E-state index in [9.17, 15) is 4.79 Å². The van der Waals surface area contributed by atoms with Crippen LogP contribution in [0.4, 0.5) is 0 Å². The third kappa shape index (κ3) is 2.90. The van der Waals surface area contributed by atoms with Crippen LogP contribution in [0.3, 0.4) is 0 Å². The van der Waals surface area contributed by atoms with Gasteiger partial charge in [-0.3, -0.25) is 9.89 Å². The molecule has 18 heavy (non-hydrogen) atoms. The number of aromatic nitrogens is 2. The Morgan fingerprint density at radius 3 is 2.83 bits per heavy atom. The van der Waals surface area contributed by atoms with E-state index in [0.29, 0.717) is 11.5 Å². The summed E-state index contributed by atoms with van der Waals surface area (Å²) in [7, 11) is 0. The van der Waals surface area contributed by atoms with Crippen molar-refractivity contribution in [2.45, 2.75) is 26.7 Å². The molecule has 0 bridgehead atoms. The van der Waals surface area contributed by atoms with Crippen molar-refractivity contribution < 1.29 is 4.79 Å². The molecular weight excluding hydrogens is 228 g/mol. The SMILES string of the molecule is CCNCC1CCN(C(=O)c2cn[nH]c2C)CC1. The van der Waals surface area contributed by atoms with E-state index in [1.165, 1.54) is 0 Å². The Hall–Kier alpha value is -1.36. The van der Waals surface area contributed by atoms with Crippen molar-refractivity contribution in [3.63, 3.8) is 0 Å². The maximum atomic E-state index is 12.3. The van der Waals surface area contributed by atoms with Crippen molar-refractivity contribution >= 4 is 5.91 Å². The average Bonchev–Trinajstić information content (AvgIpc) is 2.82. The highest BCUT2D eigenvalue weighted by molar-refractivity contribution is 5.95. The van der Waals surface area contributed by atoms with E-state index in [-0.39, 0.29) is 5.91 Å². The fraction of sp³-hybridized carbons (Fsp3) is 0.692. The highest BCUT2D eigenvalue weighted by Crippen LogP contribution is 2.19. The summed E-state index contributed by atoms with van der Waals surface area (Å²) in [6, 6.07) is 0. The van der Waals surface area contributed by atoms with E-state index in [4.69, 9.17) is 0 Å². The van der Waals surface area contributed by atoms with Crippen LogP contribution in [0, 0.1) is 12.8 Å². The van der Waals surface area contributed by atoms with Gasteiger partial charge in [0.25, 0.3) is 5.91 Å². The lowest BCUT2D eigenvalue weighted by Crippen LogP contribution is -2.40. The fourth-order valence-corrected chi connectivity index (χ4v) is 2.43. The summed E-state index contributed by atoms with van der Waals surface area (Å²) >= 11 is 0. The lowest BCUT2D eigenvalue weighted by molar-refractivity contribution is 0.0689. The largest absolute Gasteiger partial charge is 0.339 e. The van der Waals surface area contributed by atoms with Gasteiger partial charge in [-0.25, -0.2) is 0 Å². The maximum Gasteiger partial charge on any atom is 0.257 e. The number of carbonyl (C=O) groups is 1. The van der Waals surface area contributed by atoms with Gasteiger partial charge in [-0.05, 0) is 38.8 Å². The molecule has 0 unspecified atom stereocenters. The van der Waals surface area contributed by atoms with Crippen molar-refractivity contribution in [3.8, 4) is 0 Å². The Morgan fingerprint density at radius 1 is 1.56 bits per heavy atom. The number of rotatable bonds is 4. The molecule has 1 aliphatic heterocycles. The maximum absolute atomic E-state index is 12.3. The molecule has 2 heterocycles. The first-order valence-electron chi connectivity index (χ1n) is 6.72. The van der Waals surface area contributed by atoms with E-state index in [2.05, 4.69) is 22.4 Å². The Labute approximate surface area is 108 Å². The van der Waals surface area contributed by atoms with Gasteiger partial charge in [0.15, 0.2) is 0 Å². The Balaban J connectivity index is 1.86. The highest BCUT2D eigenvalue weighted by Gasteiger charge is 2.24. The number of H-pyrrole nitrogens is 1. The topological polar surface area (TPSA) is 61.0 Å². The summed E-state index contributed by atoms with van der Waals surface area (Å²) < 4.78 is 0. The van der Waals surface area contributed by atoms with Gasteiger partial charge in [0.1, 0.15) is 0 Å². The Kier molecular flexibility index (Phi) is 4.36. The van der Waals surface area contributed by atoms with Gasteiger partial charge in [-0.1, -0.05) is 6.92 Å². The van der Waals surface area contributed by atoms with Crippen LogP contribution in [0.25, 0.3) is 0 Å². The summed E-state index contributed by atoms with van der Waals surface area (Å²) in [5, 5.41) is 10.1. The average molecular weight is 250 g/mol. The molecule has 1 saturated heterocycles. The van der Waals surface area contributed by atoms with Crippen LogP contribution in [-0.4, -0.2) is 47.2 Å². The molecule has 2 N–H and O–H groups in total. The number of carbonyl (C=O) groups excluding carboxylic acids is 1. The molecule has 0 radical (unpaired) electrons. The quantitative estimate of drug-likeness (QED) is 0.843. The second-order valence-corrected chi connectivity index (χ2v) is 4.95. The van der Waals surface area contributed by atoms with Crippen molar-refractivity contribution in [2.24, 2.45) is 5.92 Å². The molecule has 5 heteroatoms. The Morgan fingerprint density at radius 2 is 2.28 bits per heavy atom. The number of piperidine rings is 1. The van der Waals surface area contributed by atoms with Crippen LogP contribution in [0.2, 0.25) is 0 Å². The molecular formula is C13H22N4O. The number of hydrogen-bond donors (Lipinski definition) is 2. The zero-order valence-corrected chi connectivity index (χ0v) is 11.2. The van der Waals surface area contributed by atoms with Crippen molar-refractivity contribution in [1.82, 2.24) is 20.4 Å². The molecule has 1 aliphatic rings. The first kappa shape index (κ1) is 13.1. The number of aromatic amines is 1. The van der Waals surface area contributed by atoms with Crippen LogP contribution >= 0.6 is 0 Å². The minimum atomic E-state index is 0.114. The van der Waals surface area contributed by atoms with Gasteiger partial charge >= 0.3 is 0 Å². The standard InChI is InChI=1S/C13H22N4O/c1-3-14-8-11-4-6-17(7-5-11)13(18)12-9-15-16-10(12)2/h9,11,14H,3-8H2,1-2H3,(H,15,16). The number of hydrogen-bond acceptors (Lipinski definition) is 3. The highest BCUT2D eigenvalue weighted by atomic mass is 16.2. The molecule has 1 aromatic heterocycles. The summed E-state index contributed by atoms with van der Waals surface area (Å²) in [6.45, 7) is 7.83. The fourth-order valence-electron chi connectivity index (χ4n) is 2.43. The minimum absolute atomic E-state index is 0.114. The summed E-state index contributed by atoms with van der Waals surface area (Å²) in [4.78, 5) is 14.2. The minimum Gasteiger partial charge on any atom is -0.339 e. The molecule has 0 aromatic carbocycles. The summed E-state index contributed by atoms with van der Waals surface area (Å²) in [6.07, 6.45) is 3.81. The van der Waals surface area contributed by atoms with Gasteiger partial charge < -0.3 is 10.2 Å². The van der Waals surface area contributed by atoms with Crippen LogP contribution < -0.4 is 5.32 Å². The van der Waals surface area contributed by atoms with Crippen LogP contribution in [0.5, 0.6) is 0 Å². The van der Waals surface area contributed by atoms with Gasteiger partial charge in [-0.15, -0.1) is 0 Å². The Bertz CT molecular complexity index is 393. The first-order chi connectivity index (χ1) is 8.72. The summed E-state index contributed by atoms with van der Waals surface area (Å²) in [5.74, 6) is 0.822. The molecule has 0 aliphatic carbocycles. The second kappa shape index (κ2) is 6.00. The number of amides is 1. The third-order valence-corrected chi connectivity index (χ3v) is 3.65. The van der Waals surface area contributed by atoms with E-state index in [0.717, 1.165) is 44.7 Å². The van der Waals surface area contributed by atoms with Crippen molar-refractivity contribution in [1.29, 1.82) is 0 Å². The van der Waals surface area contributed by atoms with E-state index in [1.807, 2.05) is 11.8 Å². The molecule has 1 aromatic rings. The zero-order valence-electron chi connectivity index (χ0n) is 11.2. The second-order valence-electron chi connectivity index (χ2n) is 4.95. The number of likely N-dealkylation sites (tertiary alicyclic amines) is 1. The molecule has 1 amide bonds. The number of nitrogens with one attached hydrogen (secondary N) is 2. The zero-order chi connectivity index (χ0) is 13.0. The third-order valence-electron chi connectivity index (χ3n) is 3.65. The van der Waals surface area contributed by atoms with Gasteiger partial charge in [0.2, 0.25) is 0 Å². The molecule has 5 nitrogen and oxygen atoms in total. The van der Waals surface area contributed by atoms with Gasteiger partial charge in [0.05, 0.1) is 11.8 Å². The molecule has 0 spiro atoms. The monoisotopic (exact) mass is 250 g/mol. The molecule has 2 rings (SSSR count). The van der Waals surface area contributed by atoms with E-state index in [1.54, 1.807) is 6.20 Å². The predicted octanol–water partition coefficient (Wildman–Crippen LogP) is 1.18. The molecule has 0 atom stereocenters. The van der Waals surface area contributed by atoms with Gasteiger partial charge in [0, 0.05) is 18.8 Å². The molecule has 0 saturated carbocycles. The number of aryl methyl sites for hydroxylation is 1. The van der Waals surface area contributed by atoms with Crippen LogP contribution in [0.1, 0.15) is 35.8 Å². The summed E-state index contributed by atoms with van der Waals surface area (Å²) in [5.41, 5.74) is 1.56. The van der Waals surface area contributed by atoms with Crippen molar-refractivity contribution in [3.05, 3.63) is 17.5 Å². The molecule has 100 valence electrons. The lowest BCUT2D eigenvalue weighted by atomic mass is 9.96. The van der Waals surface area contributed by atoms with Crippen LogP contribution in [-0.2, 0) is 0 Å². The first-order valence-corrected chi connectivity index (χ1v) is 6.72. The van der Waals surface area contributed by atoms with Crippen molar-refractivity contribution in [2.75, 3.05) is 26.2 Å². The number of nitrogens with zero attached hydrogens (tertiary/aromatic N) is 2. The lowest BCUT2D eigenvalue weighted by Gasteiger charge is -2.32. The van der Waals surface area contributed by atoms with E-state index < -0.39 is 0 Å². The normalized spacial score (nSPS) is 17.1. The molecule has 1 fully saturated rings.